The lowest BCUT2D eigenvalue weighted by Crippen LogP contribution is -2.17. The van der Waals surface area contributed by atoms with Crippen LogP contribution in [0.4, 0.5) is 0 Å². The number of aliphatic hydroxyl groups excluding tert-OH is 1. The van der Waals surface area contributed by atoms with Crippen LogP contribution in [0, 0.1) is 13.8 Å². The van der Waals surface area contributed by atoms with Crippen molar-refractivity contribution in [3.8, 4) is 5.75 Å². The Labute approximate surface area is 84.4 Å². The van der Waals surface area contributed by atoms with Crippen LogP contribution in [0.5, 0.6) is 5.75 Å². The second kappa shape index (κ2) is 4.44. The molecule has 0 spiro atoms. The van der Waals surface area contributed by atoms with Crippen LogP contribution in [0.1, 0.15) is 22.8 Å². The smallest absolute Gasteiger partial charge is 0.121 e. The maximum absolute atomic E-state index is 9.78. The standard InChI is InChI=1S/C11H17NO2/c1-7-4-5-9(13)11(8(7)2)10(14)6-12-3/h4-5,10,12-14H,6H2,1-3H3. The summed E-state index contributed by atoms with van der Waals surface area (Å²) < 4.78 is 0. The molecule has 3 nitrogen and oxygen atoms in total. The lowest BCUT2D eigenvalue weighted by Gasteiger charge is -2.16. The molecule has 0 fully saturated rings. The summed E-state index contributed by atoms with van der Waals surface area (Å²) in [7, 11) is 1.77. The Morgan fingerprint density at radius 3 is 2.57 bits per heavy atom. The summed E-state index contributed by atoms with van der Waals surface area (Å²) >= 11 is 0. The van der Waals surface area contributed by atoms with E-state index in [9.17, 15) is 10.2 Å². The van der Waals surface area contributed by atoms with Crippen LogP contribution in [-0.2, 0) is 0 Å². The number of benzene rings is 1. The highest BCUT2D eigenvalue weighted by Gasteiger charge is 2.15. The van der Waals surface area contributed by atoms with Gasteiger partial charge in [-0.3, -0.25) is 0 Å². The molecule has 0 radical (unpaired) electrons. The highest BCUT2D eigenvalue weighted by atomic mass is 16.3. The summed E-state index contributed by atoms with van der Waals surface area (Å²) in [6.45, 7) is 4.31. The summed E-state index contributed by atoms with van der Waals surface area (Å²) in [6, 6.07) is 3.47. The van der Waals surface area contributed by atoms with Gasteiger partial charge in [0.1, 0.15) is 5.75 Å². The van der Waals surface area contributed by atoms with Gasteiger partial charge in [-0.25, -0.2) is 0 Å². The zero-order chi connectivity index (χ0) is 10.7. The molecule has 78 valence electrons. The maximum atomic E-state index is 9.78. The molecule has 1 unspecified atom stereocenters. The van der Waals surface area contributed by atoms with Crippen molar-refractivity contribution in [2.24, 2.45) is 0 Å². The van der Waals surface area contributed by atoms with Gasteiger partial charge in [-0.05, 0) is 38.1 Å². The van der Waals surface area contributed by atoms with Crippen molar-refractivity contribution < 1.29 is 10.2 Å². The first-order valence-electron chi connectivity index (χ1n) is 4.69. The Morgan fingerprint density at radius 1 is 1.36 bits per heavy atom. The number of aromatic hydroxyl groups is 1. The van der Waals surface area contributed by atoms with Gasteiger partial charge in [0.25, 0.3) is 0 Å². The quantitative estimate of drug-likeness (QED) is 0.680. The summed E-state index contributed by atoms with van der Waals surface area (Å²) in [4.78, 5) is 0. The molecule has 1 atom stereocenters. The van der Waals surface area contributed by atoms with E-state index in [4.69, 9.17) is 0 Å². The van der Waals surface area contributed by atoms with Crippen LogP contribution < -0.4 is 5.32 Å². The molecule has 0 heterocycles. The number of nitrogens with one attached hydrogen (secondary N) is 1. The zero-order valence-corrected chi connectivity index (χ0v) is 8.83. The van der Waals surface area contributed by atoms with E-state index in [2.05, 4.69) is 5.32 Å². The fourth-order valence-corrected chi connectivity index (χ4v) is 1.54. The number of phenols is 1. The third-order valence-electron chi connectivity index (χ3n) is 2.49. The lowest BCUT2D eigenvalue weighted by atomic mass is 9.98. The molecule has 14 heavy (non-hydrogen) atoms. The van der Waals surface area contributed by atoms with Crippen molar-refractivity contribution >= 4 is 0 Å². The van der Waals surface area contributed by atoms with Gasteiger partial charge in [0.2, 0.25) is 0 Å². The van der Waals surface area contributed by atoms with Gasteiger partial charge in [-0.2, -0.15) is 0 Å². The second-order valence-corrected chi connectivity index (χ2v) is 3.51. The minimum atomic E-state index is -0.653. The van der Waals surface area contributed by atoms with Crippen LogP contribution in [0.3, 0.4) is 0 Å². The third kappa shape index (κ3) is 2.05. The zero-order valence-electron chi connectivity index (χ0n) is 8.83. The van der Waals surface area contributed by atoms with E-state index in [-0.39, 0.29) is 5.75 Å². The highest BCUT2D eigenvalue weighted by Crippen LogP contribution is 2.29. The first-order chi connectivity index (χ1) is 6.57. The summed E-state index contributed by atoms with van der Waals surface area (Å²) in [5.41, 5.74) is 2.65. The molecular weight excluding hydrogens is 178 g/mol. The predicted octanol–water partition coefficient (Wildman–Crippen LogP) is 1.26. The largest absolute Gasteiger partial charge is 0.508 e. The average molecular weight is 195 g/mol. The Kier molecular flexibility index (Phi) is 3.49. The van der Waals surface area contributed by atoms with E-state index in [1.807, 2.05) is 19.9 Å². The van der Waals surface area contributed by atoms with Crippen LogP contribution >= 0.6 is 0 Å². The molecule has 1 aromatic carbocycles. The summed E-state index contributed by atoms with van der Waals surface area (Å²) in [6.07, 6.45) is -0.653. The van der Waals surface area contributed by atoms with Crippen LogP contribution in [0.2, 0.25) is 0 Å². The van der Waals surface area contributed by atoms with Crippen LogP contribution in [0.25, 0.3) is 0 Å². The number of hydrogen-bond donors (Lipinski definition) is 3. The predicted molar refractivity (Wildman–Crippen MR) is 56.5 cm³/mol. The number of aryl methyl sites for hydroxylation is 1. The van der Waals surface area contributed by atoms with Gasteiger partial charge in [-0.15, -0.1) is 0 Å². The molecule has 0 aromatic heterocycles. The first-order valence-corrected chi connectivity index (χ1v) is 4.69. The van der Waals surface area contributed by atoms with Gasteiger partial charge in [0.05, 0.1) is 6.10 Å². The van der Waals surface area contributed by atoms with Crippen molar-refractivity contribution in [1.29, 1.82) is 0 Å². The SMILES string of the molecule is CNCC(O)c1c(O)ccc(C)c1C. The average Bonchev–Trinajstić information content (AvgIpc) is 2.13. The van der Waals surface area contributed by atoms with Gasteiger partial charge in [0, 0.05) is 12.1 Å². The lowest BCUT2D eigenvalue weighted by molar-refractivity contribution is 0.173. The Morgan fingerprint density at radius 2 is 2.00 bits per heavy atom. The Bertz CT molecular complexity index is 323. The van der Waals surface area contributed by atoms with E-state index in [1.165, 1.54) is 0 Å². The minimum Gasteiger partial charge on any atom is -0.508 e. The molecule has 1 rings (SSSR count). The van der Waals surface area contributed by atoms with Crippen LogP contribution in [-0.4, -0.2) is 23.8 Å². The molecule has 0 saturated heterocycles. The molecule has 0 aliphatic rings. The van der Waals surface area contributed by atoms with E-state index in [1.54, 1.807) is 13.1 Å². The molecule has 0 bridgehead atoms. The molecule has 1 aromatic rings. The van der Waals surface area contributed by atoms with E-state index in [0.29, 0.717) is 12.1 Å². The molecular formula is C11H17NO2. The Hall–Kier alpha value is -1.06. The van der Waals surface area contributed by atoms with Gasteiger partial charge < -0.3 is 15.5 Å². The van der Waals surface area contributed by atoms with E-state index < -0.39 is 6.10 Å². The number of hydrogen-bond acceptors (Lipinski definition) is 3. The van der Waals surface area contributed by atoms with Crippen molar-refractivity contribution in [2.75, 3.05) is 13.6 Å². The van der Waals surface area contributed by atoms with Crippen molar-refractivity contribution in [3.63, 3.8) is 0 Å². The molecule has 3 N–H and O–H groups in total. The second-order valence-electron chi connectivity index (χ2n) is 3.51. The number of phenolic OH excluding ortho intramolecular Hbond substituents is 1. The number of likely N-dealkylation sites (N-methyl/N-ethyl adjacent to an activating group) is 1. The molecule has 3 heteroatoms. The third-order valence-corrected chi connectivity index (χ3v) is 2.49. The minimum absolute atomic E-state index is 0.163. The Balaban J connectivity index is 3.11. The van der Waals surface area contributed by atoms with E-state index in [0.717, 1.165) is 11.1 Å². The number of aliphatic hydroxyl groups is 1. The highest BCUT2D eigenvalue weighted by molar-refractivity contribution is 5.44. The normalized spacial score (nSPS) is 12.9. The maximum Gasteiger partial charge on any atom is 0.121 e. The molecule has 0 aliphatic carbocycles. The van der Waals surface area contributed by atoms with Gasteiger partial charge >= 0.3 is 0 Å². The number of rotatable bonds is 3. The topological polar surface area (TPSA) is 52.5 Å². The van der Waals surface area contributed by atoms with Gasteiger partial charge in [0.15, 0.2) is 0 Å². The summed E-state index contributed by atoms with van der Waals surface area (Å²) in [5, 5.41) is 22.3. The molecule has 0 aliphatic heterocycles. The monoisotopic (exact) mass is 195 g/mol. The molecule has 0 amide bonds. The fourth-order valence-electron chi connectivity index (χ4n) is 1.54. The summed E-state index contributed by atoms with van der Waals surface area (Å²) in [5.74, 6) is 0.163. The first kappa shape index (κ1) is 11.0. The van der Waals surface area contributed by atoms with Crippen molar-refractivity contribution in [2.45, 2.75) is 20.0 Å². The van der Waals surface area contributed by atoms with Crippen molar-refractivity contribution in [3.05, 3.63) is 28.8 Å². The molecule has 0 saturated carbocycles. The fraction of sp³-hybridized carbons (Fsp3) is 0.455. The van der Waals surface area contributed by atoms with Gasteiger partial charge in [-0.1, -0.05) is 6.07 Å². The van der Waals surface area contributed by atoms with E-state index >= 15 is 0 Å². The van der Waals surface area contributed by atoms with Crippen LogP contribution in [0.15, 0.2) is 12.1 Å². The van der Waals surface area contributed by atoms with Crippen molar-refractivity contribution in [1.82, 2.24) is 5.32 Å².